The maximum atomic E-state index is 12.3. The van der Waals surface area contributed by atoms with Crippen molar-refractivity contribution >= 4 is 34.1 Å². The lowest BCUT2D eigenvalue weighted by molar-refractivity contribution is 0.00528. The average Bonchev–Trinajstić information content (AvgIpc) is 3.00. The Morgan fingerprint density at radius 2 is 1.36 bits per heavy atom. The lowest BCUT2D eigenvalue weighted by Crippen LogP contribution is -2.34. The average molecular weight is 649 g/mol. The molecular weight excluding hydrogens is 604 g/mol. The maximum absolute atomic E-state index is 12.3. The zero-order valence-corrected chi connectivity index (χ0v) is 27.2. The third-order valence-electron chi connectivity index (χ3n) is 5.74. The van der Waals surface area contributed by atoms with Gasteiger partial charge in [-0.25, -0.2) is 4.79 Å². The molecule has 0 aliphatic heterocycles. The van der Waals surface area contributed by atoms with Gasteiger partial charge in [-0.2, -0.15) is 8.42 Å². The van der Waals surface area contributed by atoms with E-state index in [2.05, 4.69) is 10.0 Å². The van der Waals surface area contributed by atoms with Crippen molar-refractivity contribution in [3.8, 4) is 5.75 Å². The van der Waals surface area contributed by atoms with Crippen molar-refractivity contribution in [1.29, 1.82) is 0 Å². The molecule has 14 heteroatoms. The van der Waals surface area contributed by atoms with E-state index >= 15 is 0 Å². The summed E-state index contributed by atoms with van der Waals surface area (Å²) >= 11 is 0. The van der Waals surface area contributed by atoms with Crippen LogP contribution in [0, 0.1) is 0 Å². The number of carbonyl (C=O) groups is 1. The molecule has 0 aliphatic carbocycles. The molecule has 2 aromatic rings. The standard InChI is InChI=1S/C31H44N4O9S/c1-31(2,3)44-30(36)35(4)28-12-8-26(9-13-28)6-7-27-10-14-29(15-11-27)42-23-21-40-19-17-39-18-20-41-22-24-43-45(37,38)25-5-16-33-34-32/h6-15H,5,16-25H2,1-4H3/b7-6+. The third kappa shape index (κ3) is 17.4. The van der Waals surface area contributed by atoms with Gasteiger partial charge in [-0.15, -0.1) is 0 Å². The highest BCUT2D eigenvalue weighted by Crippen LogP contribution is 2.19. The molecule has 0 unspecified atom stereocenters. The lowest BCUT2D eigenvalue weighted by Gasteiger charge is -2.24. The minimum absolute atomic E-state index is 0.0845. The first-order chi connectivity index (χ1) is 21.5. The van der Waals surface area contributed by atoms with Crippen LogP contribution in [0.1, 0.15) is 38.3 Å². The first-order valence-electron chi connectivity index (χ1n) is 14.6. The Bertz CT molecular complexity index is 1320. The van der Waals surface area contributed by atoms with Crippen molar-refractivity contribution in [2.24, 2.45) is 5.11 Å². The number of amides is 1. The van der Waals surface area contributed by atoms with Gasteiger partial charge in [0.15, 0.2) is 0 Å². The zero-order chi connectivity index (χ0) is 33.0. The van der Waals surface area contributed by atoms with Crippen molar-refractivity contribution in [2.75, 3.05) is 77.1 Å². The first kappa shape index (κ1) is 37.5. The largest absolute Gasteiger partial charge is 0.491 e. The highest BCUT2D eigenvalue weighted by Gasteiger charge is 2.20. The van der Waals surface area contributed by atoms with Crippen LogP contribution in [-0.4, -0.2) is 92.3 Å². The van der Waals surface area contributed by atoms with Gasteiger partial charge in [-0.3, -0.25) is 9.08 Å². The van der Waals surface area contributed by atoms with Gasteiger partial charge in [-0.1, -0.05) is 41.5 Å². The minimum Gasteiger partial charge on any atom is -0.491 e. The quantitative estimate of drug-likeness (QED) is 0.0413. The van der Waals surface area contributed by atoms with Gasteiger partial charge in [0.1, 0.15) is 18.0 Å². The van der Waals surface area contributed by atoms with Gasteiger partial charge in [0.2, 0.25) is 0 Å². The van der Waals surface area contributed by atoms with Crippen molar-refractivity contribution < 1.29 is 41.1 Å². The summed E-state index contributed by atoms with van der Waals surface area (Å²) < 4.78 is 55.4. The zero-order valence-electron chi connectivity index (χ0n) is 26.4. The highest BCUT2D eigenvalue weighted by molar-refractivity contribution is 7.86. The fourth-order valence-electron chi connectivity index (χ4n) is 3.51. The molecule has 45 heavy (non-hydrogen) atoms. The molecule has 0 N–H and O–H groups in total. The van der Waals surface area contributed by atoms with E-state index in [1.165, 1.54) is 4.90 Å². The maximum Gasteiger partial charge on any atom is 0.414 e. The van der Waals surface area contributed by atoms with E-state index in [-0.39, 0.29) is 31.9 Å². The molecule has 0 bridgehead atoms. The van der Waals surface area contributed by atoms with E-state index in [1.807, 2.05) is 81.5 Å². The molecule has 0 aliphatic rings. The molecule has 0 radical (unpaired) electrons. The smallest absolute Gasteiger partial charge is 0.414 e. The second-order valence-electron chi connectivity index (χ2n) is 10.6. The van der Waals surface area contributed by atoms with Crippen molar-refractivity contribution in [3.63, 3.8) is 0 Å². The normalized spacial score (nSPS) is 11.7. The van der Waals surface area contributed by atoms with Gasteiger partial charge >= 0.3 is 6.09 Å². The summed E-state index contributed by atoms with van der Waals surface area (Å²) in [5, 5.41) is 3.28. The molecule has 0 heterocycles. The van der Waals surface area contributed by atoms with Crippen LogP contribution in [0.25, 0.3) is 22.6 Å². The number of hydrogen-bond acceptors (Lipinski definition) is 10. The summed E-state index contributed by atoms with van der Waals surface area (Å²) in [5.41, 5.74) is 10.4. The number of benzene rings is 2. The molecule has 0 fully saturated rings. The molecular formula is C31H44N4O9S. The molecule has 13 nitrogen and oxygen atoms in total. The number of anilines is 1. The summed E-state index contributed by atoms with van der Waals surface area (Å²) in [6, 6.07) is 15.4. The Morgan fingerprint density at radius 1 is 0.844 bits per heavy atom. The summed E-state index contributed by atoms with van der Waals surface area (Å²) in [4.78, 5) is 16.3. The Labute approximate surface area is 265 Å². The van der Waals surface area contributed by atoms with Crippen LogP contribution in [-0.2, 0) is 33.2 Å². The number of nitrogens with zero attached hydrogens (tertiary/aromatic N) is 4. The minimum atomic E-state index is -3.65. The van der Waals surface area contributed by atoms with Gasteiger partial charge in [0.25, 0.3) is 10.1 Å². The molecule has 0 saturated heterocycles. The summed E-state index contributed by atoms with van der Waals surface area (Å²) in [5.74, 6) is 0.532. The van der Waals surface area contributed by atoms with E-state index in [0.29, 0.717) is 39.6 Å². The first-order valence-corrected chi connectivity index (χ1v) is 16.2. The van der Waals surface area contributed by atoms with Crippen LogP contribution >= 0.6 is 0 Å². The Balaban J connectivity index is 1.52. The van der Waals surface area contributed by atoms with Crippen LogP contribution in [0.15, 0.2) is 53.6 Å². The molecule has 2 rings (SSSR count). The highest BCUT2D eigenvalue weighted by atomic mass is 32.2. The molecule has 0 spiro atoms. The van der Waals surface area contributed by atoms with Gasteiger partial charge in [0.05, 0.1) is 52.0 Å². The monoisotopic (exact) mass is 648 g/mol. The fourth-order valence-corrected chi connectivity index (χ4v) is 4.43. The molecule has 0 saturated carbocycles. The summed E-state index contributed by atoms with van der Waals surface area (Å²) in [6.45, 7) is 7.90. The predicted molar refractivity (Wildman–Crippen MR) is 173 cm³/mol. The van der Waals surface area contributed by atoms with Crippen molar-refractivity contribution in [3.05, 3.63) is 70.1 Å². The summed E-state index contributed by atoms with van der Waals surface area (Å²) in [6.07, 6.45) is 3.80. The second kappa shape index (κ2) is 20.4. The van der Waals surface area contributed by atoms with Crippen LogP contribution in [0.5, 0.6) is 5.75 Å². The van der Waals surface area contributed by atoms with Crippen LogP contribution in [0.2, 0.25) is 0 Å². The number of azide groups is 1. The third-order valence-corrected chi connectivity index (χ3v) is 7.06. The fraction of sp³-hybridized carbons (Fsp3) is 0.516. The van der Waals surface area contributed by atoms with E-state index in [0.717, 1.165) is 22.6 Å². The van der Waals surface area contributed by atoms with E-state index < -0.39 is 21.8 Å². The Hall–Kier alpha value is -3.65. The molecule has 0 atom stereocenters. The van der Waals surface area contributed by atoms with E-state index in [4.69, 9.17) is 33.4 Å². The number of carbonyl (C=O) groups excluding carboxylic acids is 1. The van der Waals surface area contributed by atoms with Crippen molar-refractivity contribution in [1.82, 2.24) is 0 Å². The Morgan fingerprint density at radius 3 is 1.89 bits per heavy atom. The van der Waals surface area contributed by atoms with Crippen LogP contribution in [0.3, 0.4) is 0 Å². The van der Waals surface area contributed by atoms with Gasteiger partial charge in [0, 0.05) is 24.2 Å². The van der Waals surface area contributed by atoms with E-state index in [1.54, 1.807) is 7.05 Å². The molecule has 2 aromatic carbocycles. The number of ether oxygens (including phenoxy) is 5. The second-order valence-corrected chi connectivity index (χ2v) is 12.4. The molecule has 0 aromatic heterocycles. The van der Waals surface area contributed by atoms with Gasteiger partial charge < -0.3 is 23.7 Å². The summed E-state index contributed by atoms with van der Waals surface area (Å²) in [7, 11) is -1.97. The topological polar surface area (TPSA) is 159 Å². The van der Waals surface area contributed by atoms with E-state index in [9.17, 15) is 13.2 Å². The molecule has 1 amide bonds. The van der Waals surface area contributed by atoms with Gasteiger partial charge in [-0.05, 0) is 68.1 Å². The van der Waals surface area contributed by atoms with Crippen LogP contribution in [0.4, 0.5) is 10.5 Å². The Kier molecular flexibility index (Phi) is 17.0. The predicted octanol–water partition coefficient (Wildman–Crippen LogP) is 5.70. The number of hydrogen-bond donors (Lipinski definition) is 0. The molecule has 248 valence electrons. The lowest BCUT2D eigenvalue weighted by atomic mass is 10.1. The van der Waals surface area contributed by atoms with Crippen LogP contribution < -0.4 is 9.64 Å². The SMILES string of the molecule is CN(C(=O)OC(C)(C)C)c1ccc(/C=C/c2ccc(OCCOCCOCCOCCOS(=O)(=O)CCCN=[N+]=[N-])cc2)cc1. The number of rotatable bonds is 21. The van der Waals surface area contributed by atoms with Crippen molar-refractivity contribution in [2.45, 2.75) is 32.8 Å².